The largest absolute Gasteiger partial charge is 0.378 e. The lowest BCUT2D eigenvalue weighted by atomic mass is 9.75. The number of rotatable bonds is 8. The average molecular weight is 417 g/mol. The first-order valence-corrected chi connectivity index (χ1v) is 10.2. The Labute approximate surface area is 174 Å². The van der Waals surface area contributed by atoms with Crippen LogP contribution in [0.2, 0.25) is 0 Å². The first-order valence-electron chi connectivity index (χ1n) is 10.2. The van der Waals surface area contributed by atoms with Crippen molar-refractivity contribution < 1.29 is 19.3 Å². The molecule has 30 heavy (non-hydrogen) atoms. The highest BCUT2D eigenvalue weighted by molar-refractivity contribution is 6.09. The van der Waals surface area contributed by atoms with Gasteiger partial charge in [0.15, 0.2) is 0 Å². The van der Waals surface area contributed by atoms with Crippen LogP contribution in [0.3, 0.4) is 0 Å². The number of hydrogen-bond acceptors (Lipinski definition) is 6. The number of nitrogens with zero attached hydrogens (tertiary/aromatic N) is 2. The molecule has 1 aliphatic heterocycles. The molecule has 1 aromatic rings. The first kappa shape index (κ1) is 21.5. The van der Waals surface area contributed by atoms with E-state index in [9.17, 15) is 24.5 Å². The van der Waals surface area contributed by atoms with Gasteiger partial charge in [0.1, 0.15) is 17.8 Å². The number of urea groups is 1. The fourth-order valence-corrected chi connectivity index (χ4v) is 4.12. The molecule has 4 amide bonds. The second-order valence-corrected chi connectivity index (χ2v) is 7.81. The van der Waals surface area contributed by atoms with Crippen LogP contribution < -0.4 is 16.0 Å². The van der Waals surface area contributed by atoms with E-state index in [0.29, 0.717) is 24.4 Å². The minimum Gasteiger partial charge on any atom is -0.378 e. The summed E-state index contributed by atoms with van der Waals surface area (Å²) < 4.78 is 0. The minimum atomic E-state index is -0.864. The van der Waals surface area contributed by atoms with Crippen LogP contribution in [0.25, 0.3) is 0 Å². The second-order valence-electron chi connectivity index (χ2n) is 7.81. The third-order valence-electron chi connectivity index (χ3n) is 5.95. The lowest BCUT2D eigenvalue weighted by Crippen LogP contribution is -2.50. The van der Waals surface area contributed by atoms with Crippen LogP contribution in [0.15, 0.2) is 24.3 Å². The normalized spacial score (nSPS) is 23.4. The van der Waals surface area contributed by atoms with E-state index in [1.807, 2.05) is 0 Å². The predicted molar refractivity (Wildman–Crippen MR) is 110 cm³/mol. The second kappa shape index (κ2) is 9.10. The fourth-order valence-electron chi connectivity index (χ4n) is 4.12. The lowest BCUT2D eigenvalue weighted by molar-refractivity contribution is -0.384. The van der Waals surface area contributed by atoms with E-state index in [2.05, 4.69) is 22.9 Å². The summed E-state index contributed by atoms with van der Waals surface area (Å²) in [7, 11) is 0. The van der Waals surface area contributed by atoms with Crippen molar-refractivity contribution in [2.24, 2.45) is 5.92 Å². The van der Waals surface area contributed by atoms with Gasteiger partial charge in [-0.15, -0.1) is 0 Å². The molecular weight excluding hydrogens is 390 g/mol. The van der Waals surface area contributed by atoms with Crippen LogP contribution in [-0.2, 0) is 9.59 Å². The van der Waals surface area contributed by atoms with E-state index in [4.69, 9.17) is 0 Å². The fraction of sp³-hybridized carbons (Fsp3) is 0.550. The van der Waals surface area contributed by atoms with Crippen molar-refractivity contribution >= 4 is 29.2 Å². The summed E-state index contributed by atoms with van der Waals surface area (Å²) in [6.45, 7) is 2.24. The Hall–Kier alpha value is -3.17. The monoisotopic (exact) mass is 417 g/mol. The van der Waals surface area contributed by atoms with Gasteiger partial charge in [-0.25, -0.2) is 4.79 Å². The van der Waals surface area contributed by atoms with Crippen LogP contribution in [0, 0.1) is 16.0 Å². The Morgan fingerprint density at radius 1 is 1.27 bits per heavy atom. The molecule has 0 bridgehead atoms. The molecule has 1 saturated heterocycles. The van der Waals surface area contributed by atoms with Gasteiger partial charge >= 0.3 is 6.03 Å². The molecule has 3 rings (SSSR count). The van der Waals surface area contributed by atoms with Crippen molar-refractivity contribution in [1.82, 2.24) is 15.5 Å². The molecule has 10 heteroatoms. The summed E-state index contributed by atoms with van der Waals surface area (Å²) in [5.74, 6) is -0.206. The molecule has 1 spiro atoms. The molecule has 0 aromatic heterocycles. The van der Waals surface area contributed by atoms with Gasteiger partial charge in [-0.1, -0.05) is 25.5 Å². The van der Waals surface area contributed by atoms with E-state index in [1.54, 1.807) is 18.2 Å². The smallest absolute Gasteiger partial charge is 0.325 e. The van der Waals surface area contributed by atoms with Crippen molar-refractivity contribution in [2.75, 3.05) is 25.0 Å². The number of anilines is 1. The minimum absolute atomic E-state index is 0.0498. The van der Waals surface area contributed by atoms with Gasteiger partial charge in [0.25, 0.3) is 11.6 Å². The molecule has 162 valence electrons. The maximum Gasteiger partial charge on any atom is 0.325 e. The maximum atomic E-state index is 12.8. The SMILES string of the molecule is CCC1CCC2(CC1)NC(=O)N(CC(=O)NCCNc1ccccc1[N+](=O)[O-])C2=O. The number of nitro groups is 1. The zero-order chi connectivity index (χ0) is 21.7. The Balaban J connectivity index is 1.47. The zero-order valence-electron chi connectivity index (χ0n) is 17.0. The lowest BCUT2D eigenvalue weighted by Gasteiger charge is -2.34. The highest BCUT2D eigenvalue weighted by Gasteiger charge is 2.52. The Kier molecular flexibility index (Phi) is 6.53. The highest BCUT2D eigenvalue weighted by atomic mass is 16.6. The van der Waals surface area contributed by atoms with Crippen LogP contribution in [0.4, 0.5) is 16.2 Å². The molecular formula is C20H27N5O5. The van der Waals surface area contributed by atoms with Crippen LogP contribution >= 0.6 is 0 Å². The summed E-state index contributed by atoms with van der Waals surface area (Å²) in [6, 6.07) is 5.70. The zero-order valence-corrected chi connectivity index (χ0v) is 17.0. The van der Waals surface area contributed by atoms with Gasteiger partial charge in [0.2, 0.25) is 5.91 Å². The molecule has 2 aliphatic rings. The summed E-state index contributed by atoms with van der Waals surface area (Å²) >= 11 is 0. The standard InChI is InChI=1S/C20H27N5O5/c1-2-14-7-9-20(10-8-14)18(27)24(19(28)23-20)13-17(26)22-12-11-21-15-5-3-4-6-16(15)25(29)30/h3-6,14,21H,2,7-13H2,1H3,(H,22,26)(H,23,28). The Bertz CT molecular complexity index is 835. The molecule has 2 fully saturated rings. The molecule has 1 saturated carbocycles. The number of carbonyl (C=O) groups excluding carboxylic acids is 3. The van der Waals surface area contributed by atoms with E-state index in [1.165, 1.54) is 6.07 Å². The van der Waals surface area contributed by atoms with Gasteiger partial charge in [0.05, 0.1) is 4.92 Å². The molecule has 1 heterocycles. The van der Waals surface area contributed by atoms with Gasteiger partial charge < -0.3 is 16.0 Å². The van der Waals surface area contributed by atoms with Crippen molar-refractivity contribution in [2.45, 2.75) is 44.6 Å². The summed E-state index contributed by atoms with van der Waals surface area (Å²) in [5.41, 5.74) is -0.557. The van der Waals surface area contributed by atoms with E-state index in [-0.39, 0.29) is 31.2 Å². The number of nitrogens with one attached hydrogen (secondary N) is 3. The number of benzene rings is 1. The first-order chi connectivity index (χ1) is 14.4. The van der Waals surface area contributed by atoms with Crippen molar-refractivity contribution in [3.05, 3.63) is 34.4 Å². The van der Waals surface area contributed by atoms with Gasteiger partial charge in [-0.3, -0.25) is 24.6 Å². The average Bonchev–Trinajstić information content (AvgIpc) is 2.96. The number of nitro benzene ring substituents is 1. The van der Waals surface area contributed by atoms with Crippen molar-refractivity contribution in [1.29, 1.82) is 0 Å². The molecule has 3 N–H and O–H groups in total. The van der Waals surface area contributed by atoms with Crippen LogP contribution in [0.5, 0.6) is 0 Å². The maximum absolute atomic E-state index is 12.8. The molecule has 0 atom stereocenters. The molecule has 0 unspecified atom stereocenters. The molecule has 0 radical (unpaired) electrons. The Morgan fingerprint density at radius 2 is 1.97 bits per heavy atom. The molecule has 1 aliphatic carbocycles. The number of para-hydroxylation sites is 2. The third kappa shape index (κ3) is 4.52. The van der Waals surface area contributed by atoms with Crippen LogP contribution in [0.1, 0.15) is 39.0 Å². The number of imide groups is 1. The van der Waals surface area contributed by atoms with E-state index in [0.717, 1.165) is 24.2 Å². The van der Waals surface area contributed by atoms with Gasteiger partial charge in [0, 0.05) is 19.2 Å². The van der Waals surface area contributed by atoms with Gasteiger partial charge in [-0.2, -0.15) is 0 Å². The summed E-state index contributed by atoms with van der Waals surface area (Å²) in [5, 5.41) is 19.3. The van der Waals surface area contributed by atoms with Crippen LogP contribution in [-0.4, -0.2) is 52.8 Å². The van der Waals surface area contributed by atoms with E-state index >= 15 is 0 Å². The number of hydrogen-bond donors (Lipinski definition) is 3. The highest BCUT2D eigenvalue weighted by Crippen LogP contribution is 2.37. The van der Waals surface area contributed by atoms with Gasteiger partial charge in [-0.05, 0) is 37.7 Å². The topological polar surface area (TPSA) is 134 Å². The third-order valence-corrected chi connectivity index (χ3v) is 5.95. The summed E-state index contributed by atoms with van der Waals surface area (Å²) in [6.07, 6.45) is 4.05. The quantitative estimate of drug-likeness (QED) is 0.256. The number of carbonyl (C=O) groups is 3. The summed E-state index contributed by atoms with van der Waals surface area (Å²) in [4.78, 5) is 48.9. The van der Waals surface area contributed by atoms with E-state index < -0.39 is 22.4 Å². The Morgan fingerprint density at radius 3 is 2.63 bits per heavy atom. The predicted octanol–water partition coefficient (Wildman–Crippen LogP) is 2.01. The molecule has 10 nitrogen and oxygen atoms in total. The van der Waals surface area contributed by atoms with Crippen molar-refractivity contribution in [3.8, 4) is 0 Å². The number of amides is 4. The van der Waals surface area contributed by atoms with Crippen molar-refractivity contribution in [3.63, 3.8) is 0 Å². The molecule has 1 aromatic carbocycles.